The summed E-state index contributed by atoms with van der Waals surface area (Å²) in [4.78, 5) is 12.0. The van der Waals surface area contributed by atoms with Crippen LogP contribution >= 0.6 is 11.6 Å². The highest BCUT2D eigenvalue weighted by Gasteiger charge is 2.28. The molecule has 0 bridgehead atoms. The standard InChI is InChI=1S/C13H14ClFO/c14-12(9-5-7-11(15)8-6-9)13(16)10-3-1-2-4-10/h5-8,10,12H,1-4H2. The van der Waals surface area contributed by atoms with Crippen molar-refractivity contribution in [3.8, 4) is 0 Å². The van der Waals surface area contributed by atoms with Gasteiger partial charge in [-0.25, -0.2) is 4.39 Å². The minimum Gasteiger partial charge on any atom is -0.297 e. The van der Waals surface area contributed by atoms with Crippen LogP contribution in [0.15, 0.2) is 24.3 Å². The highest BCUT2D eigenvalue weighted by atomic mass is 35.5. The zero-order valence-electron chi connectivity index (χ0n) is 8.96. The van der Waals surface area contributed by atoms with Crippen molar-refractivity contribution in [3.63, 3.8) is 0 Å². The van der Waals surface area contributed by atoms with Gasteiger partial charge in [-0.2, -0.15) is 0 Å². The molecular weight excluding hydrogens is 227 g/mol. The van der Waals surface area contributed by atoms with Crippen LogP contribution in [0.2, 0.25) is 0 Å². The van der Waals surface area contributed by atoms with E-state index in [2.05, 4.69) is 0 Å². The van der Waals surface area contributed by atoms with Gasteiger partial charge in [-0.05, 0) is 30.5 Å². The lowest BCUT2D eigenvalue weighted by Gasteiger charge is -2.13. The third-order valence-corrected chi connectivity index (χ3v) is 3.64. The van der Waals surface area contributed by atoms with E-state index in [0.717, 1.165) is 25.7 Å². The third-order valence-electron chi connectivity index (χ3n) is 3.17. The summed E-state index contributed by atoms with van der Waals surface area (Å²) in [6.45, 7) is 0. The van der Waals surface area contributed by atoms with Crippen molar-refractivity contribution in [1.29, 1.82) is 0 Å². The maximum absolute atomic E-state index is 12.7. The topological polar surface area (TPSA) is 17.1 Å². The Balaban J connectivity index is 2.08. The van der Waals surface area contributed by atoms with Crippen LogP contribution in [0.1, 0.15) is 36.6 Å². The van der Waals surface area contributed by atoms with Crippen LogP contribution in [0, 0.1) is 11.7 Å². The second kappa shape index (κ2) is 4.96. The Hall–Kier alpha value is -0.890. The molecule has 1 aromatic rings. The molecule has 2 rings (SSSR count). The summed E-state index contributed by atoms with van der Waals surface area (Å²) >= 11 is 6.12. The summed E-state index contributed by atoms with van der Waals surface area (Å²) in [6.07, 6.45) is 4.12. The number of rotatable bonds is 3. The Labute approximate surface area is 99.6 Å². The molecule has 1 atom stereocenters. The number of hydrogen-bond donors (Lipinski definition) is 0. The monoisotopic (exact) mass is 240 g/mol. The van der Waals surface area contributed by atoms with E-state index in [1.165, 1.54) is 12.1 Å². The van der Waals surface area contributed by atoms with Gasteiger partial charge < -0.3 is 0 Å². The molecule has 0 saturated heterocycles. The average molecular weight is 241 g/mol. The lowest BCUT2D eigenvalue weighted by Crippen LogP contribution is -2.16. The predicted molar refractivity (Wildman–Crippen MR) is 62.0 cm³/mol. The van der Waals surface area contributed by atoms with Crippen molar-refractivity contribution in [2.24, 2.45) is 5.92 Å². The molecule has 1 aromatic carbocycles. The van der Waals surface area contributed by atoms with Gasteiger partial charge in [0.25, 0.3) is 0 Å². The van der Waals surface area contributed by atoms with Gasteiger partial charge in [-0.3, -0.25) is 4.79 Å². The van der Waals surface area contributed by atoms with Gasteiger partial charge >= 0.3 is 0 Å². The number of Topliss-reactive ketones (excluding diaryl/α,β-unsaturated/α-hetero) is 1. The van der Waals surface area contributed by atoms with Gasteiger partial charge in [0.2, 0.25) is 0 Å². The van der Waals surface area contributed by atoms with Crippen molar-refractivity contribution in [2.45, 2.75) is 31.1 Å². The summed E-state index contributed by atoms with van der Waals surface area (Å²) in [6, 6.07) is 5.85. The van der Waals surface area contributed by atoms with Crippen molar-refractivity contribution >= 4 is 17.4 Å². The molecule has 1 unspecified atom stereocenters. The number of alkyl halides is 1. The van der Waals surface area contributed by atoms with Crippen LogP contribution in [-0.2, 0) is 4.79 Å². The van der Waals surface area contributed by atoms with E-state index in [-0.39, 0.29) is 17.5 Å². The maximum atomic E-state index is 12.7. The zero-order chi connectivity index (χ0) is 11.5. The first-order chi connectivity index (χ1) is 7.68. The van der Waals surface area contributed by atoms with E-state index < -0.39 is 5.38 Å². The van der Waals surface area contributed by atoms with Gasteiger partial charge in [-0.1, -0.05) is 25.0 Å². The highest BCUT2D eigenvalue weighted by Crippen LogP contribution is 2.33. The average Bonchev–Trinajstić information content (AvgIpc) is 2.81. The molecule has 1 nitrogen and oxygen atoms in total. The van der Waals surface area contributed by atoms with E-state index in [9.17, 15) is 9.18 Å². The van der Waals surface area contributed by atoms with Gasteiger partial charge in [0.15, 0.2) is 5.78 Å². The molecule has 0 aliphatic heterocycles. The fourth-order valence-electron chi connectivity index (χ4n) is 2.21. The smallest absolute Gasteiger partial charge is 0.158 e. The molecule has 0 N–H and O–H groups in total. The van der Waals surface area contributed by atoms with Crippen LogP contribution in [0.4, 0.5) is 4.39 Å². The number of carbonyl (C=O) groups excluding carboxylic acids is 1. The maximum Gasteiger partial charge on any atom is 0.158 e. The van der Waals surface area contributed by atoms with Crippen LogP contribution < -0.4 is 0 Å². The number of hydrogen-bond acceptors (Lipinski definition) is 1. The molecule has 0 aromatic heterocycles. The molecule has 0 heterocycles. The Bertz CT molecular complexity index is 368. The molecule has 0 radical (unpaired) electrons. The van der Waals surface area contributed by atoms with Gasteiger partial charge in [0, 0.05) is 5.92 Å². The Morgan fingerprint density at radius 3 is 2.38 bits per heavy atom. The van der Waals surface area contributed by atoms with E-state index >= 15 is 0 Å². The molecule has 1 saturated carbocycles. The van der Waals surface area contributed by atoms with E-state index in [0.29, 0.717) is 5.56 Å². The van der Waals surface area contributed by atoms with Crippen molar-refractivity contribution in [3.05, 3.63) is 35.6 Å². The van der Waals surface area contributed by atoms with E-state index in [4.69, 9.17) is 11.6 Å². The van der Waals surface area contributed by atoms with E-state index in [1.807, 2.05) is 0 Å². The minimum absolute atomic E-state index is 0.0887. The zero-order valence-corrected chi connectivity index (χ0v) is 9.71. The first-order valence-corrected chi connectivity index (χ1v) is 6.05. The summed E-state index contributed by atoms with van der Waals surface area (Å²) in [5.41, 5.74) is 0.694. The Morgan fingerprint density at radius 2 is 1.81 bits per heavy atom. The number of carbonyl (C=O) groups is 1. The fourth-order valence-corrected chi connectivity index (χ4v) is 2.54. The largest absolute Gasteiger partial charge is 0.297 e. The van der Waals surface area contributed by atoms with Crippen molar-refractivity contribution in [2.75, 3.05) is 0 Å². The lowest BCUT2D eigenvalue weighted by atomic mass is 9.96. The Morgan fingerprint density at radius 1 is 1.25 bits per heavy atom. The molecule has 0 amide bonds. The van der Waals surface area contributed by atoms with Gasteiger partial charge in [-0.15, -0.1) is 11.6 Å². The summed E-state index contributed by atoms with van der Waals surface area (Å²) in [7, 11) is 0. The quantitative estimate of drug-likeness (QED) is 0.733. The van der Waals surface area contributed by atoms with Crippen LogP contribution in [-0.4, -0.2) is 5.78 Å². The first-order valence-electron chi connectivity index (χ1n) is 5.62. The number of benzene rings is 1. The molecule has 86 valence electrons. The second-order valence-corrected chi connectivity index (χ2v) is 4.73. The third kappa shape index (κ3) is 2.43. The minimum atomic E-state index is -0.622. The molecule has 3 heteroatoms. The van der Waals surface area contributed by atoms with Crippen LogP contribution in [0.25, 0.3) is 0 Å². The summed E-state index contributed by atoms with van der Waals surface area (Å²) in [5.74, 6) is -0.112. The van der Waals surface area contributed by atoms with E-state index in [1.54, 1.807) is 12.1 Å². The van der Waals surface area contributed by atoms with Gasteiger partial charge in [0.1, 0.15) is 11.2 Å². The number of ketones is 1. The molecule has 1 aliphatic carbocycles. The molecule has 1 fully saturated rings. The highest BCUT2D eigenvalue weighted by molar-refractivity contribution is 6.31. The fraction of sp³-hybridized carbons (Fsp3) is 0.462. The van der Waals surface area contributed by atoms with Crippen LogP contribution in [0.5, 0.6) is 0 Å². The molecular formula is C13H14ClFO. The Kier molecular flexibility index (Phi) is 3.59. The van der Waals surface area contributed by atoms with Crippen molar-refractivity contribution < 1.29 is 9.18 Å². The number of halogens is 2. The first kappa shape index (κ1) is 11.6. The molecule has 16 heavy (non-hydrogen) atoms. The second-order valence-electron chi connectivity index (χ2n) is 4.30. The molecule has 0 spiro atoms. The lowest BCUT2D eigenvalue weighted by molar-refractivity contribution is -0.122. The molecule has 1 aliphatic rings. The SMILES string of the molecule is O=C(C1CCCC1)C(Cl)c1ccc(F)cc1. The van der Waals surface area contributed by atoms with Crippen molar-refractivity contribution in [1.82, 2.24) is 0 Å². The van der Waals surface area contributed by atoms with Crippen LogP contribution in [0.3, 0.4) is 0 Å². The predicted octanol–water partition coefficient (Wildman–Crippen LogP) is 3.86. The normalized spacial score (nSPS) is 18.6. The summed E-state index contributed by atoms with van der Waals surface area (Å²) < 4.78 is 12.7. The summed E-state index contributed by atoms with van der Waals surface area (Å²) in [5, 5.41) is -0.622. The van der Waals surface area contributed by atoms with Gasteiger partial charge in [0.05, 0.1) is 0 Å².